The van der Waals surface area contributed by atoms with Crippen LogP contribution in [0.1, 0.15) is 37.0 Å². The maximum atomic E-state index is 13.4. The second kappa shape index (κ2) is 13.1. The molecule has 2 aromatic carbocycles. The van der Waals surface area contributed by atoms with E-state index < -0.39 is 16.1 Å². The van der Waals surface area contributed by atoms with Crippen molar-refractivity contribution >= 4 is 21.8 Å². The van der Waals surface area contributed by atoms with Crippen LogP contribution in [0.5, 0.6) is 0 Å². The molecule has 0 bridgehead atoms. The van der Waals surface area contributed by atoms with Crippen molar-refractivity contribution < 1.29 is 22.4 Å². The third kappa shape index (κ3) is 8.19. The predicted molar refractivity (Wildman–Crippen MR) is 138 cm³/mol. The molecule has 0 fully saturated rings. The van der Waals surface area contributed by atoms with E-state index in [4.69, 9.17) is 0 Å². The van der Waals surface area contributed by atoms with Crippen molar-refractivity contribution in [3.8, 4) is 0 Å². The largest absolute Gasteiger partial charge is 0.350 e. The van der Waals surface area contributed by atoms with Gasteiger partial charge in [0.25, 0.3) is 0 Å². The highest BCUT2D eigenvalue weighted by Gasteiger charge is 2.26. The summed E-state index contributed by atoms with van der Waals surface area (Å²) in [6.07, 6.45) is 3.75. The highest BCUT2D eigenvalue weighted by atomic mass is 32.2. The molecule has 37 heavy (non-hydrogen) atoms. The van der Waals surface area contributed by atoms with Crippen LogP contribution in [0, 0.1) is 5.82 Å². The van der Waals surface area contributed by atoms with Crippen LogP contribution >= 0.6 is 0 Å². The molecule has 0 saturated heterocycles. The second-order valence-corrected chi connectivity index (χ2v) is 10.3. The Morgan fingerprint density at radius 3 is 2.19 bits per heavy atom. The van der Waals surface area contributed by atoms with Gasteiger partial charge in [0.2, 0.25) is 21.8 Å². The summed E-state index contributed by atoms with van der Waals surface area (Å²) in [6.45, 7) is 4.09. The summed E-state index contributed by atoms with van der Waals surface area (Å²) in [5.41, 5.74) is 2.37. The summed E-state index contributed by atoms with van der Waals surface area (Å²) in [5, 5.41) is 2.85. The smallest absolute Gasteiger partial charge is 0.242 e. The number of benzene rings is 2. The Bertz CT molecular complexity index is 1280. The highest BCUT2D eigenvalue weighted by molar-refractivity contribution is 7.89. The van der Waals surface area contributed by atoms with Crippen molar-refractivity contribution in [1.29, 1.82) is 0 Å². The SMILES string of the molecule is CCNS(=O)(=O)c1ccc(CCC(=O)N(Cc2ccc(F)cc2)[C@@H](C)C(=O)NCc2ccncc2)cc1. The van der Waals surface area contributed by atoms with Crippen molar-refractivity contribution in [1.82, 2.24) is 19.9 Å². The summed E-state index contributed by atoms with van der Waals surface area (Å²) in [6, 6.07) is 15.0. The van der Waals surface area contributed by atoms with Crippen LogP contribution in [0.2, 0.25) is 0 Å². The van der Waals surface area contributed by atoms with Crippen LogP contribution in [-0.2, 0) is 39.1 Å². The Labute approximate surface area is 217 Å². The van der Waals surface area contributed by atoms with Gasteiger partial charge in [-0.05, 0) is 66.4 Å². The summed E-state index contributed by atoms with van der Waals surface area (Å²) < 4.78 is 40.1. The minimum atomic E-state index is -3.56. The number of pyridine rings is 1. The van der Waals surface area contributed by atoms with Gasteiger partial charge in [0.15, 0.2) is 0 Å². The number of sulfonamides is 1. The number of hydrogen-bond acceptors (Lipinski definition) is 5. The third-order valence-corrected chi connectivity index (χ3v) is 7.41. The molecular formula is C27H31FN4O4S. The lowest BCUT2D eigenvalue weighted by molar-refractivity contribution is -0.140. The van der Waals surface area contributed by atoms with Crippen molar-refractivity contribution in [3.63, 3.8) is 0 Å². The minimum absolute atomic E-state index is 0.114. The van der Waals surface area contributed by atoms with Crippen LogP contribution in [0.25, 0.3) is 0 Å². The first kappa shape index (κ1) is 27.9. The Kier molecular flexibility index (Phi) is 9.87. The van der Waals surface area contributed by atoms with Gasteiger partial charge in [-0.25, -0.2) is 17.5 Å². The predicted octanol–water partition coefficient (Wildman–Crippen LogP) is 3.19. The molecule has 196 valence electrons. The van der Waals surface area contributed by atoms with Crippen LogP contribution in [-0.4, -0.2) is 42.7 Å². The fourth-order valence-electron chi connectivity index (χ4n) is 3.71. The third-order valence-electron chi connectivity index (χ3n) is 5.85. The summed E-state index contributed by atoms with van der Waals surface area (Å²) >= 11 is 0. The maximum absolute atomic E-state index is 13.4. The van der Waals surface area contributed by atoms with Crippen LogP contribution < -0.4 is 10.0 Å². The lowest BCUT2D eigenvalue weighted by atomic mass is 10.1. The first-order valence-electron chi connectivity index (χ1n) is 12.0. The fourth-order valence-corrected chi connectivity index (χ4v) is 4.75. The summed E-state index contributed by atoms with van der Waals surface area (Å²) in [5.74, 6) is -0.949. The Hall–Kier alpha value is -3.63. The van der Waals surface area contributed by atoms with E-state index in [1.165, 1.54) is 29.2 Å². The molecule has 3 rings (SSSR count). The molecule has 8 nitrogen and oxygen atoms in total. The van der Waals surface area contributed by atoms with E-state index in [1.54, 1.807) is 62.6 Å². The van der Waals surface area contributed by atoms with Gasteiger partial charge in [0, 0.05) is 38.4 Å². The van der Waals surface area contributed by atoms with Gasteiger partial charge in [0.1, 0.15) is 11.9 Å². The van der Waals surface area contributed by atoms with Gasteiger partial charge in [-0.3, -0.25) is 14.6 Å². The Morgan fingerprint density at radius 2 is 1.57 bits per heavy atom. The number of halogens is 1. The zero-order valence-electron chi connectivity index (χ0n) is 20.9. The number of aryl methyl sites for hydroxylation is 1. The number of nitrogens with zero attached hydrogens (tertiary/aromatic N) is 2. The maximum Gasteiger partial charge on any atom is 0.242 e. The van der Waals surface area contributed by atoms with E-state index in [9.17, 15) is 22.4 Å². The Balaban J connectivity index is 1.69. The number of nitrogens with one attached hydrogen (secondary N) is 2. The van der Waals surface area contributed by atoms with Gasteiger partial charge in [-0.2, -0.15) is 0 Å². The van der Waals surface area contributed by atoms with Crippen LogP contribution in [0.3, 0.4) is 0 Å². The number of carbonyl (C=O) groups is 2. The molecule has 3 aromatic rings. The average Bonchev–Trinajstić information content (AvgIpc) is 2.90. The lowest BCUT2D eigenvalue weighted by Gasteiger charge is -2.29. The van der Waals surface area contributed by atoms with E-state index in [0.29, 0.717) is 18.5 Å². The number of carbonyl (C=O) groups excluding carboxylic acids is 2. The molecule has 2 amide bonds. The normalized spacial score (nSPS) is 12.1. The topological polar surface area (TPSA) is 108 Å². The fraction of sp³-hybridized carbons (Fsp3) is 0.296. The minimum Gasteiger partial charge on any atom is -0.350 e. The zero-order chi connectivity index (χ0) is 26.8. The van der Waals surface area contributed by atoms with Gasteiger partial charge in [-0.15, -0.1) is 0 Å². The molecule has 0 aliphatic heterocycles. The molecular weight excluding hydrogens is 495 g/mol. The molecule has 2 N–H and O–H groups in total. The van der Waals surface area contributed by atoms with E-state index in [0.717, 1.165) is 11.1 Å². The van der Waals surface area contributed by atoms with Gasteiger partial charge >= 0.3 is 0 Å². The number of hydrogen-bond donors (Lipinski definition) is 2. The monoisotopic (exact) mass is 526 g/mol. The quantitative estimate of drug-likeness (QED) is 0.377. The first-order valence-corrected chi connectivity index (χ1v) is 13.5. The molecule has 1 aromatic heterocycles. The van der Waals surface area contributed by atoms with E-state index in [2.05, 4.69) is 15.0 Å². The van der Waals surface area contributed by atoms with Gasteiger partial charge < -0.3 is 10.2 Å². The van der Waals surface area contributed by atoms with Crippen molar-refractivity contribution in [2.24, 2.45) is 0 Å². The van der Waals surface area contributed by atoms with Crippen molar-refractivity contribution in [3.05, 3.63) is 95.6 Å². The molecule has 0 aliphatic rings. The number of aromatic nitrogens is 1. The standard InChI is InChI=1S/C27H31FN4O4S/c1-3-31-37(35,36)25-11-6-21(7-12-25)8-13-26(33)32(19-23-4-9-24(28)10-5-23)20(2)27(34)30-18-22-14-16-29-17-15-22/h4-7,9-12,14-17,20,31H,3,8,13,18-19H2,1-2H3,(H,30,34)/t20-/m0/s1. The number of amides is 2. The van der Waals surface area contributed by atoms with Gasteiger partial charge in [-0.1, -0.05) is 31.2 Å². The van der Waals surface area contributed by atoms with Crippen molar-refractivity contribution in [2.45, 2.75) is 50.7 Å². The summed E-state index contributed by atoms with van der Waals surface area (Å²) in [7, 11) is -3.56. The zero-order valence-corrected chi connectivity index (χ0v) is 21.7. The van der Waals surface area contributed by atoms with E-state index in [-0.39, 0.29) is 42.0 Å². The molecule has 0 spiro atoms. The lowest BCUT2D eigenvalue weighted by Crippen LogP contribution is -2.47. The second-order valence-electron chi connectivity index (χ2n) is 8.54. The van der Waals surface area contributed by atoms with Crippen molar-refractivity contribution in [2.75, 3.05) is 6.54 Å². The number of rotatable bonds is 12. The molecule has 0 aliphatic carbocycles. The van der Waals surface area contributed by atoms with E-state index >= 15 is 0 Å². The molecule has 0 radical (unpaired) electrons. The average molecular weight is 527 g/mol. The molecule has 1 heterocycles. The molecule has 10 heteroatoms. The first-order chi connectivity index (χ1) is 17.7. The summed E-state index contributed by atoms with van der Waals surface area (Å²) in [4.78, 5) is 31.8. The van der Waals surface area contributed by atoms with Crippen LogP contribution in [0.15, 0.2) is 78.0 Å². The molecule has 0 unspecified atom stereocenters. The molecule has 0 saturated carbocycles. The van der Waals surface area contributed by atoms with E-state index in [1.807, 2.05) is 0 Å². The van der Waals surface area contributed by atoms with Gasteiger partial charge in [0.05, 0.1) is 4.90 Å². The van der Waals surface area contributed by atoms with Crippen LogP contribution in [0.4, 0.5) is 4.39 Å². The molecule has 1 atom stereocenters. The Morgan fingerprint density at radius 1 is 0.946 bits per heavy atom. The highest BCUT2D eigenvalue weighted by Crippen LogP contribution is 2.16.